The van der Waals surface area contributed by atoms with E-state index in [1.54, 1.807) is 19.4 Å². The first kappa shape index (κ1) is 20.5. The monoisotopic (exact) mass is 441 g/mol. The third-order valence-corrected chi connectivity index (χ3v) is 5.36. The fourth-order valence-electron chi connectivity index (χ4n) is 3.73. The van der Waals surface area contributed by atoms with Crippen molar-refractivity contribution in [3.8, 4) is 11.3 Å². The van der Waals surface area contributed by atoms with Crippen LogP contribution in [0.15, 0.2) is 59.7 Å². The van der Waals surface area contributed by atoms with Crippen LogP contribution in [-0.4, -0.2) is 36.7 Å². The lowest BCUT2D eigenvalue weighted by Crippen LogP contribution is -2.30. The Balaban J connectivity index is 1.50. The van der Waals surface area contributed by atoms with Crippen LogP contribution in [0.5, 0.6) is 0 Å². The molecule has 0 saturated heterocycles. The molecule has 0 aliphatic carbocycles. The lowest BCUT2D eigenvalue weighted by molar-refractivity contribution is 0.0939. The van der Waals surface area contributed by atoms with Crippen LogP contribution in [0.1, 0.15) is 24.3 Å². The largest absolute Gasteiger partial charge is 0.351 e. The van der Waals surface area contributed by atoms with Gasteiger partial charge in [-0.15, -0.1) is 0 Å². The first-order valence-electron chi connectivity index (χ1n) is 10.6. The maximum absolute atomic E-state index is 12.7. The van der Waals surface area contributed by atoms with Crippen molar-refractivity contribution in [3.63, 3.8) is 0 Å². The van der Waals surface area contributed by atoms with Crippen molar-refractivity contribution >= 4 is 39.2 Å². The molecule has 0 saturated carbocycles. The van der Waals surface area contributed by atoms with Crippen molar-refractivity contribution < 1.29 is 4.79 Å². The summed E-state index contributed by atoms with van der Waals surface area (Å²) in [6.07, 6.45) is 3.42. The third kappa shape index (κ3) is 3.96. The topological polar surface area (TPSA) is 120 Å². The number of anilines is 2. The van der Waals surface area contributed by atoms with E-state index in [0.717, 1.165) is 33.1 Å². The van der Waals surface area contributed by atoms with Crippen LogP contribution in [0.4, 0.5) is 11.5 Å². The second-order valence-electron chi connectivity index (χ2n) is 8.30. The number of amides is 1. The number of benzene rings is 2. The van der Waals surface area contributed by atoms with E-state index in [-0.39, 0.29) is 23.3 Å². The number of rotatable bonds is 5. The Morgan fingerprint density at radius 2 is 1.91 bits per heavy atom. The summed E-state index contributed by atoms with van der Waals surface area (Å²) in [7, 11) is 1.69. The van der Waals surface area contributed by atoms with Crippen LogP contribution in [0.2, 0.25) is 0 Å². The molecule has 3 heterocycles. The van der Waals surface area contributed by atoms with E-state index in [2.05, 4.69) is 30.8 Å². The normalized spacial score (nSPS) is 11.4. The molecule has 166 valence electrons. The number of nitrogens with zero attached hydrogens (tertiary/aromatic N) is 3. The predicted molar refractivity (Wildman–Crippen MR) is 129 cm³/mol. The molecule has 1 amide bonds. The minimum atomic E-state index is -0.236. The summed E-state index contributed by atoms with van der Waals surface area (Å²) in [5.41, 5.74) is 4.19. The summed E-state index contributed by atoms with van der Waals surface area (Å²) in [5, 5.41) is 14.8. The number of aryl methyl sites for hydroxylation is 1. The number of hydrogen-bond donors (Lipinski definition) is 4. The number of fused-ring (bicyclic) bond motifs is 2. The highest BCUT2D eigenvalue weighted by atomic mass is 16.2. The highest BCUT2D eigenvalue weighted by Gasteiger charge is 2.13. The Morgan fingerprint density at radius 1 is 1.06 bits per heavy atom. The van der Waals surface area contributed by atoms with Gasteiger partial charge in [-0.2, -0.15) is 5.10 Å². The van der Waals surface area contributed by atoms with Gasteiger partial charge >= 0.3 is 0 Å². The quantitative estimate of drug-likeness (QED) is 0.332. The number of aromatic amines is 2. The number of H-pyrrole nitrogens is 2. The summed E-state index contributed by atoms with van der Waals surface area (Å²) < 4.78 is 1.50. The zero-order valence-electron chi connectivity index (χ0n) is 18.4. The van der Waals surface area contributed by atoms with Crippen molar-refractivity contribution in [2.24, 2.45) is 7.05 Å². The standard InChI is InChI=1S/C24H23N7O2/c1-13(2)26-23(32)20-10-14-4-5-15(9-19(14)28-20)21-12-31(3)24(33)22(29-21)27-17-6-7-18-16(8-17)11-25-30-18/h4-13,28H,1-3H3,(H,25,30)(H,26,32)(H,27,29). The zero-order chi connectivity index (χ0) is 23.1. The van der Waals surface area contributed by atoms with Crippen molar-refractivity contribution in [1.82, 2.24) is 30.0 Å². The molecule has 5 aromatic rings. The molecule has 5 rings (SSSR count). The highest BCUT2D eigenvalue weighted by molar-refractivity contribution is 5.98. The molecule has 0 unspecified atom stereocenters. The smallest absolute Gasteiger partial charge is 0.293 e. The molecule has 9 heteroatoms. The SMILES string of the molecule is CC(C)NC(=O)c1cc2ccc(-c3cn(C)c(=O)c(Nc4ccc5[nH]ncc5c4)n3)cc2[nH]1. The van der Waals surface area contributed by atoms with Crippen LogP contribution >= 0.6 is 0 Å². The molecule has 0 radical (unpaired) electrons. The summed E-state index contributed by atoms with van der Waals surface area (Å²) in [5.74, 6) is 0.0745. The molecule has 3 aromatic heterocycles. The molecule has 0 fully saturated rings. The first-order valence-corrected chi connectivity index (χ1v) is 10.6. The second-order valence-corrected chi connectivity index (χ2v) is 8.30. The van der Waals surface area contributed by atoms with E-state index in [0.29, 0.717) is 11.4 Å². The van der Waals surface area contributed by atoms with Crippen molar-refractivity contribution in [3.05, 3.63) is 70.9 Å². The maximum atomic E-state index is 12.7. The van der Waals surface area contributed by atoms with E-state index < -0.39 is 0 Å². The molecule has 33 heavy (non-hydrogen) atoms. The molecule has 9 nitrogen and oxygen atoms in total. The average molecular weight is 441 g/mol. The molecular formula is C24H23N7O2. The minimum Gasteiger partial charge on any atom is -0.351 e. The zero-order valence-corrected chi connectivity index (χ0v) is 18.4. The molecular weight excluding hydrogens is 418 g/mol. The molecule has 0 bridgehead atoms. The van der Waals surface area contributed by atoms with Crippen LogP contribution in [-0.2, 0) is 7.05 Å². The first-order chi connectivity index (χ1) is 15.9. The average Bonchev–Trinajstić information content (AvgIpc) is 3.42. The van der Waals surface area contributed by atoms with E-state index in [9.17, 15) is 9.59 Å². The molecule has 4 N–H and O–H groups in total. The van der Waals surface area contributed by atoms with Gasteiger partial charge in [0.2, 0.25) is 0 Å². The predicted octanol–water partition coefficient (Wildman–Crippen LogP) is 3.69. The van der Waals surface area contributed by atoms with Crippen molar-refractivity contribution in [2.75, 3.05) is 5.32 Å². The number of carbonyl (C=O) groups is 1. The van der Waals surface area contributed by atoms with Gasteiger partial charge in [0.05, 0.1) is 17.4 Å². The Bertz CT molecular complexity index is 1560. The Hall–Kier alpha value is -4.40. The van der Waals surface area contributed by atoms with Crippen LogP contribution in [0.25, 0.3) is 33.1 Å². The number of aromatic nitrogens is 5. The van der Waals surface area contributed by atoms with E-state index in [1.165, 1.54) is 4.57 Å². The molecule has 0 aliphatic heterocycles. The minimum absolute atomic E-state index is 0.0504. The molecule has 0 spiro atoms. The fourth-order valence-corrected chi connectivity index (χ4v) is 3.73. The Morgan fingerprint density at radius 3 is 2.73 bits per heavy atom. The van der Waals surface area contributed by atoms with Gasteiger partial charge in [-0.1, -0.05) is 12.1 Å². The lowest BCUT2D eigenvalue weighted by atomic mass is 10.1. The summed E-state index contributed by atoms with van der Waals surface area (Å²) in [4.78, 5) is 32.8. The van der Waals surface area contributed by atoms with Gasteiger partial charge in [0.25, 0.3) is 11.5 Å². The number of carbonyl (C=O) groups excluding carboxylic acids is 1. The number of hydrogen-bond acceptors (Lipinski definition) is 5. The van der Waals surface area contributed by atoms with E-state index in [4.69, 9.17) is 0 Å². The van der Waals surface area contributed by atoms with Crippen molar-refractivity contribution in [2.45, 2.75) is 19.9 Å². The summed E-state index contributed by atoms with van der Waals surface area (Å²) in [6, 6.07) is 13.3. The van der Waals surface area contributed by atoms with Crippen LogP contribution in [0.3, 0.4) is 0 Å². The van der Waals surface area contributed by atoms with Gasteiger partial charge in [0, 0.05) is 46.8 Å². The summed E-state index contributed by atoms with van der Waals surface area (Å²) in [6.45, 7) is 3.84. The molecule has 0 aliphatic rings. The van der Waals surface area contributed by atoms with Gasteiger partial charge in [0.1, 0.15) is 5.69 Å². The molecule has 0 atom stereocenters. The van der Waals surface area contributed by atoms with Gasteiger partial charge in [0.15, 0.2) is 5.82 Å². The van der Waals surface area contributed by atoms with Gasteiger partial charge in [-0.25, -0.2) is 4.98 Å². The van der Waals surface area contributed by atoms with Gasteiger partial charge in [-0.3, -0.25) is 14.7 Å². The van der Waals surface area contributed by atoms with Crippen LogP contribution < -0.4 is 16.2 Å². The second kappa shape index (κ2) is 7.94. The lowest BCUT2D eigenvalue weighted by Gasteiger charge is -2.10. The molecule has 2 aromatic carbocycles. The van der Waals surface area contributed by atoms with E-state index in [1.807, 2.05) is 56.3 Å². The fraction of sp³-hybridized carbons (Fsp3) is 0.167. The van der Waals surface area contributed by atoms with Gasteiger partial charge < -0.3 is 20.2 Å². The van der Waals surface area contributed by atoms with Gasteiger partial charge in [-0.05, 0) is 44.2 Å². The third-order valence-electron chi connectivity index (χ3n) is 5.36. The number of nitrogens with one attached hydrogen (secondary N) is 4. The van der Waals surface area contributed by atoms with E-state index >= 15 is 0 Å². The highest BCUT2D eigenvalue weighted by Crippen LogP contribution is 2.25. The Kier molecular flexibility index (Phi) is 4.93. The Labute approximate surface area is 188 Å². The maximum Gasteiger partial charge on any atom is 0.293 e. The summed E-state index contributed by atoms with van der Waals surface area (Å²) >= 11 is 0. The van der Waals surface area contributed by atoms with Crippen molar-refractivity contribution in [1.29, 1.82) is 0 Å². The van der Waals surface area contributed by atoms with Crippen LogP contribution in [0, 0.1) is 0 Å².